The molecule has 1 heterocycles. The first-order valence-electron chi connectivity index (χ1n) is 7.69. The predicted octanol–water partition coefficient (Wildman–Crippen LogP) is 3.24. The van der Waals surface area contributed by atoms with Crippen molar-refractivity contribution in [1.29, 1.82) is 0 Å². The van der Waals surface area contributed by atoms with E-state index in [1.54, 1.807) is 13.8 Å². The lowest BCUT2D eigenvalue weighted by Gasteiger charge is -2.08. The van der Waals surface area contributed by atoms with Gasteiger partial charge >= 0.3 is 5.97 Å². The molecule has 6 nitrogen and oxygen atoms in total. The molecule has 3 N–H and O–H groups in total. The van der Waals surface area contributed by atoms with Crippen molar-refractivity contribution in [3.63, 3.8) is 0 Å². The topological polar surface area (TPSA) is 99.6 Å². The van der Waals surface area contributed by atoms with E-state index in [0.29, 0.717) is 16.8 Å². The summed E-state index contributed by atoms with van der Waals surface area (Å²) in [6.45, 7) is 2.90. The third-order valence-corrected chi connectivity index (χ3v) is 4.08. The van der Waals surface area contributed by atoms with Gasteiger partial charge in [-0.15, -0.1) is 0 Å². The van der Waals surface area contributed by atoms with E-state index in [1.807, 2.05) is 24.3 Å². The Labute approximate surface area is 143 Å². The Morgan fingerprint density at radius 1 is 1.04 bits per heavy atom. The highest BCUT2D eigenvalue weighted by atomic mass is 16.5. The van der Waals surface area contributed by atoms with E-state index in [2.05, 4.69) is 4.98 Å². The summed E-state index contributed by atoms with van der Waals surface area (Å²) < 4.78 is 5.02. The van der Waals surface area contributed by atoms with Gasteiger partial charge in [0.1, 0.15) is 5.56 Å². The molecule has 25 heavy (non-hydrogen) atoms. The van der Waals surface area contributed by atoms with Crippen molar-refractivity contribution >= 4 is 22.7 Å². The average molecular weight is 339 g/mol. The number of para-hydroxylation sites is 1. The van der Waals surface area contributed by atoms with Crippen LogP contribution in [0, 0.1) is 13.8 Å². The van der Waals surface area contributed by atoms with E-state index < -0.39 is 18.3 Å². The number of aryl methyl sites for hydroxylation is 2. The van der Waals surface area contributed by atoms with Gasteiger partial charge in [-0.2, -0.15) is 0 Å². The molecule has 128 valence electrons. The number of rotatable bonds is 4. The SMILES string of the molecule is Cc1ccc(C(=O)OCC(=O)c2c(C)[nH]c3ccccc23)c(O)c1O. The second-order valence-electron chi connectivity index (χ2n) is 5.80. The van der Waals surface area contributed by atoms with Gasteiger partial charge in [-0.05, 0) is 31.5 Å². The molecule has 3 aromatic rings. The second-order valence-corrected chi connectivity index (χ2v) is 5.80. The van der Waals surface area contributed by atoms with Gasteiger partial charge in [0.25, 0.3) is 0 Å². The molecule has 0 amide bonds. The number of aromatic nitrogens is 1. The fourth-order valence-corrected chi connectivity index (χ4v) is 2.76. The van der Waals surface area contributed by atoms with E-state index in [9.17, 15) is 19.8 Å². The minimum Gasteiger partial charge on any atom is -0.504 e. The van der Waals surface area contributed by atoms with Crippen molar-refractivity contribution in [2.24, 2.45) is 0 Å². The Hall–Kier alpha value is -3.28. The smallest absolute Gasteiger partial charge is 0.342 e. The largest absolute Gasteiger partial charge is 0.504 e. The Kier molecular flexibility index (Phi) is 4.19. The lowest BCUT2D eigenvalue weighted by molar-refractivity contribution is 0.0471. The van der Waals surface area contributed by atoms with Crippen LogP contribution in [0.5, 0.6) is 11.5 Å². The lowest BCUT2D eigenvalue weighted by Crippen LogP contribution is -2.15. The number of H-pyrrole nitrogens is 1. The fraction of sp³-hybridized carbons (Fsp3) is 0.158. The third kappa shape index (κ3) is 2.94. The van der Waals surface area contributed by atoms with Crippen LogP contribution in [0.25, 0.3) is 10.9 Å². The van der Waals surface area contributed by atoms with Crippen molar-refractivity contribution in [2.45, 2.75) is 13.8 Å². The highest BCUT2D eigenvalue weighted by Crippen LogP contribution is 2.32. The van der Waals surface area contributed by atoms with Crippen LogP contribution >= 0.6 is 0 Å². The number of ether oxygens (including phenoxy) is 1. The molecule has 0 aliphatic rings. The molecule has 0 unspecified atom stereocenters. The van der Waals surface area contributed by atoms with Crippen molar-refractivity contribution in [3.05, 3.63) is 58.8 Å². The number of carbonyl (C=O) groups is 2. The number of hydrogen-bond donors (Lipinski definition) is 3. The first-order valence-corrected chi connectivity index (χ1v) is 7.69. The zero-order valence-corrected chi connectivity index (χ0v) is 13.8. The second kappa shape index (κ2) is 6.32. The summed E-state index contributed by atoms with van der Waals surface area (Å²) in [5.41, 5.74) is 2.24. The minimum atomic E-state index is -0.876. The van der Waals surface area contributed by atoms with E-state index in [0.717, 1.165) is 10.9 Å². The first-order chi connectivity index (χ1) is 11.9. The number of carbonyl (C=O) groups excluding carboxylic acids is 2. The van der Waals surface area contributed by atoms with E-state index in [-0.39, 0.29) is 17.1 Å². The molecule has 1 aromatic heterocycles. The number of ketones is 1. The molecule has 0 saturated carbocycles. The molecule has 3 rings (SSSR count). The number of fused-ring (bicyclic) bond motifs is 1. The maximum absolute atomic E-state index is 12.5. The zero-order chi connectivity index (χ0) is 18.1. The van der Waals surface area contributed by atoms with Crippen LogP contribution < -0.4 is 0 Å². The molecule has 0 aliphatic heterocycles. The Bertz CT molecular complexity index is 987. The van der Waals surface area contributed by atoms with Gasteiger partial charge in [0.05, 0.1) is 0 Å². The minimum absolute atomic E-state index is 0.188. The maximum atomic E-state index is 12.5. The molecule has 0 aliphatic carbocycles. The van der Waals surface area contributed by atoms with Gasteiger partial charge < -0.3 is 19.9 Å². The first kappa shape index (κ1) is 16.6. The number of phenols is 2. The lowest BCUT2D eigenvalue weighted by atomic mass is 10.1. The Morgan fingerprint density at radius 2 is 1.76 bits per heavy atom. The highest BCUT2D eigenvalue weighted by Gasteiger charge is 2.21. The zero-order valence-electron chi connectivity index (χ0n) is 13.8. The number of aromatic hydroxyl groups is 2. The molecule has 0 spiro atoms. The van der Waals surface area contributed by atoms with Gasteiger partial charge in [0.15, 0.2) is 18.1 Å². The van der Waals surface area contributed by atoms with Crippen LogP contribution in [-0.2, 0) is 4.74 Å². The Morgan fingerprint density at radius 3 is 2.52 bits per heavy atom. The van der Waals surface area contributed by atoms with E-state index in [4.69, 9.17) is 4.74 Å². The van der Waals surface area contributed by atoms with Crippen LogP contribution in [0.1, 0.15) is 32.0 Å². The number of benzene rings is 2. The van der Waals surface area contributed by atoms with Gasteiger partial charge in [-0.1, -0.05) is 24.3 Å². The van der Waals surface area contributed by atoms with E-state index in [1.165, 1.54) is 12.1 Å². The molecular weight excluding hydrogens is 322 g/mol. The van der Waals surface area contributed by atoms with Gasteiger partial charge in [0, 0.05) is 22.2 Å². The highest BCUT2D eigenvalue weighted by molar-refractivity contribution is 6.10. The molecule has 0 saturated heterocycles. The van der Waals surface area contributed by atoms with Crippen LogP contribution in [0.3, 0.4) is 0 Å². The molecular formula is C19H17NO5. The summed E-state index contributed by atoms with van der Waals surface area (Å²) in [6.07, 6.45) is 0. The van der Waals surface area contributed by atoms with Crippen LogP contribution in [0.2, 0.25) is 0 Å². The summed E-state index contributed by atoms with van der Waals surface area (Å²) in [4.78, 5) is 27.7. The number of Topliss-reactive ketones (excluding diaryl/α,β-unsaturated/α-hetero) is 1. The molecule has 2 aromatic carbocycles. The Balaban J connectivity index is 1.79. The van der Waals surface area contributed by atoms with Crippen molar-refractivity contribution in [1.82, 2.24) is 4.98 Å². The molecule has 6 heteroatoms. The quantitative estimate of drug-likeness (QED) is 0.385. The molecule has 0 radical (unpaired) electrons. The number of hydrogen-bond acceptors (Lipinski definition) is 5. The predicted molar refractivity (Wildman–Crippen MR) is 92.2 cm³/mol. The van der Waals surface area contributed by atoms with E-state index >= 15 is 0 Å². The number of nitrogens with one attached hydrogen (secondary N) is 1. The van der Waals surface area contributed by atoms with Crippen molar-refractivity contribution < 1.29 is 24.5 Å². The normalized spacial score (nSPS) is 10.8. The fourth-order valence-electron chi connectivity index (χ4n) is 2.76. The van der Waals surface area contributed by atoms with Crippen LogP contribution in [0.15, 0.2) is 36.4 Å². The standard InChI is InChI=1S/C19H17NO5/c1-10-7-8-13(18(23)17(10)22)19(24)25-9-15(21)16-11(2)20-14-6-4-3-5-12(14)16/h3-8,20,22-23H,9H2,1-2H3. The average Bonchev–Trinajstić information content (AvgIpc) is 2.93. The van der Waals surface area contributed by atoms with Crippen LogP contribution in [0.4, 0.5) is 0 Å². The number of esters is 1. The number of phenolic OH excluding ortho intramolecular Hbond substituents is 2. The van der Waals surface area contributed by atoms with Gasteiger partial charge in [-0.3, -0.25) is 4.79 Å². The van der Waals surface area contributed by atoms with Crippen LogP contribution in [-0.4, -0.2) is 33.6 Å². The van der Waals surface area contributed by atoms with Gasteiger partial charge in [0.2, 0.25) is 5.78 Å². The third-order valence-electron chi connectivity index (χ3n) is 4.08. The molecule has 0 fully saturated rings. The summed E-state index contributed by atoms with van der Waals surface area (Å²) >= 11 is 0. The summed E-state index contributed by atoms with van der Waals surface area (Å²) in [5, 5.41) is 20.3. The van der Waals surface area contributed by atoms with Gasteiger partial charge in [-0.25, -0.2) is 4.79 Å². The maximum Gasteiger partial charge on any atom is 0.342 e. The summed E-state index contributed by atoms with van der Waals surface area (Å²) in [6, 6.07) is 10.2. The summed E-state index contributed by atoms with van der Waals surface area (Å²) in [7, 11) is 0. The number of aromatic amines is 1. The molecule has 0 bridgehead atoms. The monoisotopic (exact) mass is 339 g/mol. The molecule has 0 atom stereocenters. The summed E-state index contributed by atoms with van der Waals surface area (Å²) in [5.74, 6) is -2.16. The van der Waals surface area contributed by atoms with Crippen molar-refractivity contribution in [2.75, 3.05) is 6.61 Å². The van der Waals surface area contributed by atoms with Crippen molar-refractivity contribution in [3.8, 4) is 11.5 Å².